The molecule has 0 radical (unpaired) electrons. The third-order valence-corrected chi connectivity index (χ3v) is 4.46. The van der Waals surface area contributed by atoms with Gasteiger partial charge in [-0.1, -0.05) is 46.3 Å². The number of amides is 1. The quantitative estimate of drug-likeness (QED) is 0.807. The maximum absolute atomic E-state index is 12.0. The molecule has 1 atom stereocenters. The molecule has 1 aliphatic rings. The lowest BCUT2D eigenvalue weighted by atomic mass is 10.2. The molecule has 20 heavy (non-hydrogen) atoms. The first-order chi connectivity index (χ1) is 9.76. The van der Waals surface area contributed by atoms with Crippen LogP contribution in [0.25, 0.3) is 0 Å². The molecular formula is C15H16BrN3O. The van der Waals surface area contributed by atoms with Gasteiger partial charge in [0.15, 0.2) is 0 Å². The number of carbonyl (C=O) groups is 1. The van der Waals surface area contributed by atoms with Crippen molar-refractivity contribution in [2.24, 2.45) is 5.92 Å². The number of aromatic nitrogens is 2. The van der Waals surface area contributed by atoms with Crippen LogP contribution < -0.4 is 4.90 Å². The van der Waals surface area contributed by atoms with Gasteiger partial charge in [0.1, 0.15) is 0 Å². The minimum atomic E-state index is 0.189. The Kier molecular flexibility index (Phi) is 3.87. The lowest BCUT2D eigenvalue weighted by molar-refractivity contribution is -0.117. The second kappa shape index (κ2) is 5.79. The van der Waals surface area contributed by atoms with Gasteiger partial charge in [0.2, 0.25) is 5.91 Å². The average molecular weight is 334 g/mol. The Balaban J connectivity index is 1.72. The van der Waals surface area contributed by atoms with E-state index in [1.807, 2.05) is 34.0 Å². The molecule has 104 valence electrons. The van der Waals surface area contributed by atoms with Crippen LogP contribution in [0, 0.1) is 5.92 Å². The molecule has 2 aromatic rings. The number of hydrogen-bond acceptors (Lipinski definition) is 2. The Bertz CT molecular complexity index is 596. The Morgan fingerprint density at radius 1 is 1.30 bits per heavy atom. The molecule has 1 fully saturated rings. The first-order valence-corrected chi connectivity index (χ1v) is 7.81. The van der Waals surface area contributed by atoms with E-state index in [9.17, 15) is 4.79 Å². The van der Waals surface area contributed by atoms with Crippen molar-refractivity contribution in [1.29, 1.82) is 0 Å². The van der Waals surface area contributed by atoms with Crippen LogP contribution in [0.2, 0.25) is 0 Å². The molecule has 1 amide bonds. The van der Waals surface area contributed by atoms with Gasteiger partial charge in [0.05, 0.1) is 18.4 Å². The highest BCUT2D eigenvalue weighted by molar-refractivity contribution is 9.09. The molecule has 1 aromatic heterocycles. The summed E-state index contributed by atoms with van der Waals surface area (Å²) in [7, 11) is 0. The maximum Gasteiger partial charge on any atom is 0.227 e. The third kappa shape index (κ3) is 2.77. The molecule has 1 unspecified atom stereocenters. The summed E-state index contributed by atoms with van der Waals surface area (Å²) in [6.45, 7) is 1.51. The van der Waals surface area contributed by atoms with Gasteiger partial charge >= 0.3 is 0 Å². The SMILES string of the molecule is O=C1CC(CBr)CN1c1cnn(Cc2ccccc2)c1. The summed E-state index contributed by atoms with van der Waals surface area (Å²) in [6.07, 6.45) is 4.34. The zero-order valence-electron chi connectivity index (χ0n) is 11.1. The lowest BCUT2D eigenvalue weighted by Gasteiger charge is -2.13. The number of nitrogens with zero attached hydrogens (tertiary/aromatic N) is 3. The van der Waals surface area contributed by atoms with Crippen molar-refractivity contribution in [3.05, 3.63) is 48.3 Å². The van der Waals surface area contributed by atoms with Crippen molar-refractivity contribution in [3.8, 4) is 0 Å². The van der Waals surface area contributed by atoms with Crippen molar-refractivity contribution in [2.75, 3.05) is 16.8 Å². The highest BCUT2D eigenvalue weighted by Crippen LogP contribution is 2.25. The molecular weight excluding hydrogens is 318 g/mol. The van der Waals surface area contributed by atoms with Crippen molar-refractivity contribution in [1.82, 2.24) is 9.78 Å². The van der Waals surface area contributed by atoms with Gasteiger partial charge in [-0.15, -0.1) is 0 Å². The van der Waals surface area contributed by atoms with Crippen LogP contribution >= 0.6 is 15.9 Å². The highest BCUT2D eigenvalue weighted by atomic mass is 79.9. The van der Waals surface area contributed by atoms with Crippen LogP contribution in [0.5, 0.6) is 0 Å². The third-order valence-electron chi connectivity index (χ3n) is 3.54. The van der Waals surface area contributed by atoms with E-state index >= 15 is 0 Å². The first kappa shape index (κ1) is 13.4. The summed E-state index contributed by atoms with van der Waals surface area (Å²) in [6, 6.07) is 10.2. The summed E-state index contributed by atoms with van der Waals surface area (Å²) in [5, 5.41) is 5.22. The molecule has 1 aliphatic heterocycles. The van der Waals surface area contributed by atoms with Gasteiger partial charge in [0.25, 0.3) is 0 Å². The molecule has 0 aliphatic carbocycles. The fraction of sp³-hybridized carbons (Fsp3) is 0.333. The van der Waals surface area contributed by atoms with Gasteiger partial charge < -0.3 is 4.90 Å². The van der Waals surface area contributed by atoms with Crippen LogP contribution in [0.15, 0.2) is 42.7 Å². The van der Waals surface area contributed by atoms with Crippen LogP contribution in [0.4, 0.5) is 5.69 Å². The standard InChI is InChI=1S/C15H16BrN3O/c16-7-13-6-15(20)19(10-13)14-8-17-18(11-14)9-12-4-2-1-3-5-12/h1-5,8,11,13H,6-7,9-10H2. The summed E-state index contributed by atoms with van der Waals surface area (Å²) in [5.74, 6) is 0.591. The number of anilines is 1. The number of alkyl halides is 1. The molecule has 4 nitrogen and oxygen atoms in total. The maximum atomic E-state index is 12.0. The summed E-state index contributed by atoms with van der Waals surface area (Å²) in [4.78, 5) is 13.8. The summed E-state index contributed by atoms with van der Waals surface area (Å²) < 4.78 is 1.87. The summed E-state index contributed by atoms with van der Waals surface area (Å²) >= 11 is 3.45. The number of hydrogen-bond donors (Lipinski definition) is 0. The molecule has 0 bridgehead atoms. The number of benzene rings is 1. The molecule has 1 saturated heterocycles. The monoisotopic (exact) mass is 333 g/mol. The van der Waals surface area contributed by atoms with E-state index in [4.69, 9.17) is 0 Å². The summed E-state index contributed by atoms with van der Waals surface area (Å²) in [5.41, 5.74) is 2.10. The minimum absolute atomic E-state index is 0.189. The van der Waals surface area contributed by atoms with E-state index in [2.05, 4.69) is 33.2 Å². The predicted octanol–water partition coefficient (Wildman–Crippen LogP) is 2.68. The van der Waals surface area contributed by atoms with E-state index in [0.29, 0.717) is 12.3 Å². The van der Waals surface area contributed by atoms with Gasteiger partial charge in [0, 0.05) is 24.5 Å². The molecule has 2 heterocycles. The van der Waals surface area contributed by atoms with Crippen molar-refractivity contribution < 1.29 is 4.79 Å². The number of halogens is 1. The van der Waals surface area contributed by atoms with Crippen LogP contribution in [-0.2, 0) is 11.3 Å². The average Bonchev–Trinajstić information content (AvgIpc) is 3.06. The van der Waals surface area contributed by atoms with Crippen LogP contribution in [-0.4, -0.2) is 27.6 Å². The molecule has 0 N–H and O–H groups in total. The molecule has 5 heteroatoms. The minimum Gasteiger partial charge on any atom is -0.309 e. The Hall–Kier alpha value is -1.62. The fourth-order valence-electron chi connectivity index (χ4n) is 2.48. The molecule has 0 spiro atoms. The Labute approximate surface area is 126 Å². The lowest BCUT2D eigenvalue weighted by Crippen LogP contribution is -2.24. The van der Waals surface area contributed by atoms with Crippen molar-refractivity contribution in [2.45, 2.75) is 13.0 Å². The molecule has 3 rings (SSSR count). The fourth-order valence-corrected chi connectivity index (χ4v) is 2.92. The number of carbonyl (C=O) groups excluding carboxylic acids is 1. The molecule has 1 aromatic carbocycles. The van der Waals surface area contributed by atoms with Gasteiger partial charge in [-0.05, 0) is 11.5 Å². The van der Waals surface area contributed by atoms with E-state index in [-0.39, 0.29) is 5.91 Å². The van der Waals surface area contributed by atoms with E-state index in [1.54, 1.807) is 6.20 Å². The van der Waals surface area contributed by atoms with E-state index in [0.717, 1.165) is 24.1 Å². The van der Waals surface area contributed by atoms with E-state index < -0.39 is 0 Å². The zero-order valence-corrected chi connectivity index (χ0v) is 12.7. The number of rotatable bonds is 4. The van der Waals surface area contributed by atoms with E-state index in [1.165, 1.54) is 5.56 Å². The smallest absolute Gasteiger partial charge is 0.227 e. The second-order valence-electron chi connectivity index (χ2n) is 5.11. The molecule has 0 saturated carbocycles. The normalized spacial score (nSPS) is 18.8. The first-order valence-electron chi connectivity index (χ1n) is 6.69. The van der Waals surface area contributed by atoms with Gasteiger partial charge in [-0.2, -0.15) is 5.10 Å². The predicted molar refractivity (Wildman–Crippen MR) is 82.0 cm³/mol. The zero-order chi connectivity index (χ0) is 13.9. The van der Waals surface area contributed by atoms with Gasteiger partial charge in [-0.3, -0.25) is 9.48 Å². The van der Waals surface area contributed by atoms with Crippen molar-refractivity contribution >= 4 is 27.5 Å². The van der Waals surface area contributed by atoms with Crippen molar-refractivity contribution in [3.63, 3.8) is 0 Å². The topological polar surface area (TPSA) is 38.1 Å². The largest absolute Gasteiger partial charge is 0.309 e. The van der Waals surface area contributed by atoms with Gasteiger partial charge in [-0.25, -0.2) is 0 Å². The Morgan fingerprint density at radius 3 is 2.80 bits per heavy atom. The van der Waals surface area contributed by atoms with Crippen LogP contribution in [0.3, 0.4) is 0 Å². The van der Waals surface area contributed by atoms with Crippen LogP contribution in [0.1, 0.15) is 12.0 Å². The Morgan fingerprint density at radius 2 is 2.10 bits per heavy atom. The second-order valence-corrected chi connectivity index (χ2v) is 5.76. The highest BCUT2D eigenvalue weighted by Gasteiger charge is 2.30.